The fourth-order valence-corrected chi connectivity index (χ4v) is 10.8. The Morgan fingerprint density at radius 2 is 0.709 bits per heavy atom. The molecule has 0 radical (unpaired) electrons. The molecule has 17 nitrogen and oxygen atoms in total. The van der Waals surface area contributed by atoms with Crippen molar-refractivity contribution in [3.63, 3.8) is 0 Å². The van der Waals surface area contributed by atoms with E-state index in [1.54, 1.807) is 49.1 Å². The van der Waals surface area contributed by atoms with Crippen LogP contribution in [0.15, 0.2) is 280 Å². The van der Waals surface area contributed by atoms with Crippen LogP contribution in [-0.4, -0.2) is 93.9 Å². The van der Waals surface area contributed by atoms with E-state index in [0.29, 0.717) is 0 Å². The number of hydrogen-bond acceptors (Lipinski definition) is 18. The molecule has 3 aliphatic heterocycles. The van der Waals surface area contributed by atoms with Gasteiger partial charge in [-0.3, -0.25) is 24.9 Å². The second-order valence-electron chi connectivity index (χ2n) is 22.3. The van der Waals surface area contributed by atoms with Crippen LogP contribution < -0.4 is 10.1 Å². The fraction of sp³-hybridized carbons (Fsp3) is 0.457. The van der Waals surface area contributed by atoms with E-state index in [2.05, 4.69) is 159 Å². The maximum absolute atomic E-state index is 5.42. The molecule has 0 atom stereocenters. The molecule has 0 fully saturated rings. The van der Waals surface area contributed by atoms with Crippen molar-refractivity contribution in [2.75, 3.05) is 24.2 Å². The first-order valence-electron chi connectivity index (χ1n) is 50.9. The predicted octanol–water partition coefficient (Wildman–Crippen LogP) is 35.2. The minimum absolute atomic E-state index is 0.759. The highest BCUT2D eigenvalue weighted by Crippen LogP contribution is 2.29. The summed E-state index contributed by atoms with van der Waals surface area (Å²) < 4.78 is 5.42. The van der Waals surface area contributed by atoms with Crippen molar-refractivity contribution in [1.29, 1.82) is 0 Å². The summed E-state index contributed by atoms with van der Waals surface area (Å²) in [7, 11) is 0. The van der Waals surface area contributed by atoms with Crippen molar-refractivity contribution in [1.82, 2.24) is 75.0 Å². The van der Waals surface area contributed by atoms with Gasteiger partial charge in [0.05, 0.1) is 35.0 Å². The Balaban J connectivity index is -0.000000134. The molecule has 0 amide bonds. The van der Waals surface area contributed by atoms with Crippen LogP contribution in [0.1, 0.15) is 332 Å². The lowest BCUT2D eigenvalue weighted by Crippen LogP contribution is -2.10. The van der Waals surface area contributed by atoms with Crippen LogP contribution in [-0.2, 0) is 32.1 Å². The largest absolute Gasteiger partial charge is 0.493 e. The highest BCUT2D eigenvalue weighted by molar-refractivity contribution is 7.99. The lowest BCUT2D eigenvalue weighted by molar-refractivity contribution is 0.288. The highest BCUT2D eigenvalue weighted by Gasteiger charge is 2.10. The van der Waals surface area contributed by atoms with Crippen LogP contribution in [0.4, 0.5) is 5.69 Å². The third-order valence-corrected chi connectivity index (χ3v) is 16.1. The Kier molecular flexibility index (Phi) is 137. The second-order valence-corrected chi connectivity index (χ2v) is 23.4. The summed E-state index contributed by atoms with van der Waals surface area (Å²) in [6, 6.07) is 61.4. The third kappa shape index (κ3) is 80.4. The third-order valence-electron chi connectivity index (χ3n) is 14.9. The summed E-state index contributed by atoms with van der Waals surface area (Å²) in [4.78, 5) is 52.4. The van der Waals surface area contributed by atoms with Crippen molar-refractivity contribution in [2.24, 2.45) is 0 Å². The molecule has 0 saturated carbocycles. The van der Waals surface area contributed by atoms with Gasteiger partial charge in [0.1, 0.15) is 43.2 Å². The quantitative estimate of drug-likeness (QED) is 0.149. The number of nitrogens with one attached hydrogen (secondary N) is 1. The normalized spacial score (nSPS) is 9.64. The number of aromatic nitrogens is 15. The molecule has 1 aliphatic carbocycles. The van der Waals surface area contributed by atoms with E-state index in [9.17, 15) is 0 Å². The molecular weight excluding hydrogens is 1670 g/mol. The lowest BCUT2D eigenvalue weighted by atomic mass is 9.96. The highest BCUT2D eigenvalue weighted by atomic mass is 32.2. The Hall–Kier alpha value is -11.2. The van der Waals surface area contributed by atoms with E-state index in [1.165, 1.54) is 138 Å². The summed E-state index contributed by atoms with van der Waals surface area (Å²) in [5.41, 5.74) is 14.5. The van der Waals surface area contributed by atoms with Gasteiger partial charge in [0.2, 0.25) is 0 Å². The molecule has 0 spiro atoms. The summed E-state index contributed by atoms with van der Waals surface area (Å²) in [5.74, 6) is 3.14. The fourth-order valence-electron chi connectivity index (χ4n) is 9.77. The molecule has 0 unspecified atom stereocenters. The molecule has 0 saturated heterocycles. The van der Waals surface area contributed by atoms with Crippen LogP contribution >= 0.6 is 11.8 Å². The van der Waals surface area contributed by atoms with Crippen LogP contribution in [0.25, 0.3) is 32.7 Å². The average molecular weight is 1860 g/mol. The molecule has 1 N–H and O–H groups in total. The molecule has 134 heavy (non-hydrogen) atoms. The zero-order chi connectivity index (χ0) is 104. The van der Waals surface area contributed by atoms with E-state index in [0.717, 1.165) is 64.5 Å². The number of anilines is 1. The van der Waals surface area contributed by atoms with Crippen molar-refractivity contribution in [2.45, 2.75) is 346 Å². The Morgan fingerprint density at radius 1 is 0.269 bits per heavy atom. The predicted molar refractivity (Wildman–Crippen MR) is 600 cm³/mol. The van der Waals surface area contributed by atoms with Gasteiger partial charge in [-0.25, -0.2) is 39.9 Å². The number of nitrogens with zero attached hydrogens (tertiary/aromatic N) is 15. The van der Waals surface area contributed by atoms with E-state index in [1.807, 2.05) is 417 Å². The number of ether oxygens (including phenoxy) is 1. The van der Waals surface area contributed by atoms with Gasteiger partial charge < -0.3 is 10.1 Å². The SMILES string of the molecule is CC.CC.CC.CC.CC.CC.CC.CC.CC.CC.CC.CC.CC.CC.CC.CC.CC.CC.Cc1ccncc1.Cc1ccncn1.Cc1cnncn1.Cc1ncncn1.c1ccc2c(c1)CCCN2.c1ccc2c(c1)CCCO2.c1ccc2c(c1)CCCS2.c1ccc2cnccc2c1.c1ccc2nccnc2c1.c1ccc2ncncc2c1.c1cnc2c(c1)CCCC2. The van der Waals surface area contributed by atoms with E-state index in [4.69, 9.17) is 4.74 Å². The Bertz CT molecular complexity index is 3640. The molecule has 11 heterocycles. The number of fused-ring (bicyclic) bond motifs is 7. The summed E-state index contributed by atoms with van der Waals surface area (Å²) in [6.45, 7) is 81.7. The van der Waals surface area contributed by atoms with Gasteiger partial charge in [-0.05, 0) is 203 Å². The number of para-hydroxylation sites is 5. The van der Waals surface area contributed by atoms with Crippen molar-refractivity contribution < 1.29 is 4.74 Å². The number of benzene rings is 6. The average Bonchev–Trinajstić information content (AvgIpc) is 0.908. The maximum atomic E-state index is 5.42. The standard InChI is InChI=1S/2C9H11N.C9H7N.C9H10O.C9H10S.2C8H6N2.C6H7N.C5H6N2.2C4H5N3.18C2H6/c2*1-2-6-9-8(4-1)5-3-7-10-9;1-2-4-9-7-10-6-5-8(9)3-1;2*1-2-6-9-8(4-1)5-3-7-10-9;1-2-4-8-7(3-1)5-9-6-10-8;1-2-4-8-7(3-1)9-5-6-10-8;1-6-2-4-7-5-3-6;1-5-2-3-6-4-7-5;1-4-6-2-5-3-7-4;1-4-2-6-7-3-5-4;18*1-2/h3,5,7H,1-2,4,6H2;1-2,4,6,10H,3,5,7H2;1-7H;2*1-2,4,6H,3,5,7H2;2*1-6H;2-5H,1H3;2-4H,1H3;2*2-3H,1H3;18*1-2H3. The molecule has 4 aliphatic rings. The molecule has 748 valence electrons. The second kappa shape index (κ2) is 126. The van der Waals surface area contributed by atoms with Crippen molar-refractivity contribution in [3.05, 3.63) is 326 Å². The lowest BCUT2D eigenvalue weighted by Gasteiger charge is -2.16. The van der Waals surface area contributed by atoms with Crippen molar-refractivity contribution in [3.8, 4) is 5.75 Å². The zero-order valence-electron chi connectivity index (χ0n) is 92.2. The summed E-state index contributed by atoms with van der Waals surface area (Å²) in [6.07, 6.45) is 37.7. The molecule has 8 aromatic heterocycles. The van der Waals surface area contributed by atoms with E-state index >= 15 is 0 Å². The van der Waals surface area contributed by atoms with E-state index < -0.39 is 0 Å². The first kappa shape index (κ1) is 146. The molecule has 18 heteroatoms. The van der Waals surface area contributed by atoms with Crippen molar-refractivity contribution >= 4 is 50.2 Å². The minimum Gasteiger partial charge on any atom is -0.493 e. The number of rotatable bonds is 0. The molecule has 6 aromatic carbocycles. The smallest absolute Gasteiger partial charge is 0.138 e. The van der Waals surface area contributed by atoms with Gasteiger partial charge in [0.15, 0.2) is 0 Å². The van der Waals surface area contributed by atoms with Gasteiger partial charge in [-0.15, -0.1) is 16.9 Å². The Labute approximate surface area is 827 Å². The first-order valence-corrected chi connectivity index (χ1v) is 51.9. The van der Waals surface area contributed by atoms with E-state index in [-0.39, 0.29) is 0 Å². The van der Waals surface area contributed by atoms with Crippen LogP contribution in [0.5, 0.6) is 5.75 Å². The number of hydrogen-bond donors (Lipinski definition) is 1. The monoisotopic (exact) mass is 1860 g/mol. The maximum Gasteiger partial charge on any atom is 0.138 e. The zero-order valence-corrected chi connectivity index (χ0v) is 93.0. The van der Waals surface area contributed by atoms with Crippen LogP contribution in [0.3, 0.4) is 0 Å². The molecule has 14 aromatic rings. The first-order chi connectivity index (χ1) is 66.3. The molecule has 0 bridgehead atoms. The summed E-state index contributed by atoms with van der Waals surface area (Å²) >= 11 is 1.99. The minimum atomic E-state index is 0.759. The van der Waals surface area contributed by atoms with Gasteiger partial charge in [-0.2, -0.15) is 5.10 Å². The van der Waals surface area contributed by atoms with Gasteiger partial charge >= 0.3 is 0 Å². The van der Waals surface area contributed by atoms with Gasteiger partial charge in [0, 0.05) is 89.7 Å². The Morgan fingerprint density at radius 3 is 1.17 bits per heavy atom. The molecular formula is C116H192N16OS. The van der Waals surface area contributed by atoms with Gasteiger partial charge in [-0.1, -0.05) is 365 Å². The van der Waals surface area contributed by atoms with Crippen LogP contribution in [0, 0.1) is 27.7 Å². The number of aryl methyl sites for hydroxylation is 9. The summed E-state index contributed by atoms with van der Waals surface area (Å²) in [5, 5.41) is 14.0. The number of thioether (sulfide) groups is 1. The molecule has 18 rings (SSSR count). The van der Waals surface area contributed by atoms with Crippen LogP contribution in [0.2, 0.25) is 0 Å². The van der Waals surface area contributed by atoms with Gasteiger partial charge in [0.25, 0.3) is 0 Å². The topological polar surface area (TPSA) is 215 Å². The number of pyridine rings is 3.